The van der Waals surface area contributed by atoms with Crippen LogP contribution in [0.5, 0.6) is 0 Å². The highest BCUT2D eigenvalue weighted by molar-refractivity contribution is 8.15. The smallest absolute Gasteiger partial charge is 0.140 e. The molecule has 1 rings (SSSR count). The Bertz CT molecular complexity index is 226. The maximum absolute atomic E-state index is 11.3. The molecule has 1 fully saturated rings. The van der Waals surface area contributed by atoms with E-state index in [0.29, 0.717) is 0 Å². The fourth-order valence-electron chi connectivity index (χ4n) is 1.08. The van der Waals surface area contributed by atoms with E-state index in [1.807, 2.05) is 26.2 Å². The van der Waals surface area contributed by atoms with Crippen molar-refractivity contribution in [1.82, 2.24) is 0 Å². The summed E-state index contributed by atoms with van der Waals surface area (Å²) < 4.78 is 11.1. The van der Waals surface area contributed by atoms with Crippen LogP contribution in [0.15, 0.2) is 0 Å². The van der Waals surface area contributed by atoms with Crippen molar-refractivity contribution in [3.8, 4) is 5.40 Å². The lowest BCUT2D eigenvalue weighted by molar-refractivity contribution is 0.683. The number of nitrogens with zero attached hydrogens (tertiary/aromatic N) is 1. The zero-order valence-electron chi connectivity index (χ0n) is 5.88. The minimum Gasteiger partial charge on any atom is -0.271 e. The topological polar surface area (TPSA) is 40.9 Å². The molecule has 1 aliphatic heterocycles. The molecule has 3 heteroatoms. The molecule has 0 aliphatic carbocycles. The van der Waals surface area contributed by atoms with E-state index in [1.54, 1.807) is 0 Å². The van der Waals surface area contributed by atoms with Gasteiger partial charge in [-0.15, -0.1) is 0 Å². The average molecular weight is 145 g/mol. The van der Waals surface area contributed by atoms with Gasteiger partial charge >= 0.3 is 0 Å². The summed E-state index contributed by atoms with van der Waals surface area (Å²) in [5, 5.41) is 10.5. The number of hydrogen-bond donors (Lipinski definition) is 1. The molecule has 9 heavy (non-hydrogen) atoms. The van der Waals surface area contributed by atoms with Crippen LogP contribution in [0.25, 0.3) is 0 Å². The van der Waals surface area contributed by atoms with Gasteiger partial charge in [-0.05, 0) is 23.8 Å². The van der Waals surface area contributed by atoms with E-state index in [0.717, 1.165) is 0 Å². The number of rotatable bonds is 0. The second-order valence-corrected chi connectivity index (χ2v) is 6.53. The highest BCUT2D eigenvalue weighted by Gasteiger charge is 2.61. The fraction of sp³-hybridized carbons (Fsp3) is 0.833. The van der Waals surface area contributed by atoms with Crippen molar-refractivity contribution < 1.29 is 4.21 Å². The summed E-state index contributed by atoms with van der Waals surface area (Å²) in [6, 6.07) is 0. The maximum atomic E-state index is 11.3. The molecular weight excluding hydrogens is 134 g/mol. The van der Waals surface area contributed by atoms with Crippen LogP contribution < -0.4 is 0 Å². The number of hydrogen-bond acceptors (Lipinski definition) is 2. The van der Waals surface area contributed by atoms with E-state index in [1.165, 1.54) is 0 Å². The first-order valence-electron chi connectivity index (χ1n) is 2.98. The van der Waals surface area contributed by atoms with E-state index in [4.69, 9.17) is 5.26 Å². The van der Waals surface area contributed by atoms with Gasteiger partial charge in [0.15, 0.2) is 0 Å². The standard InChI is InChI=1S/C6H11NOS/c1-5-6(2,3)9(5,8)4-7/h5,9H,1-3H3/t5-/m0/s1. The summed E-state index contributed by atoms with van der Waals surface area (Å²) >= 11 is 0. The van der Waals surface area contributed by atoms with Gasteiger partial charge in [0.2, 0.25) is 0 Å². The molecular formula is C6H11NOS. The fourth-order valence-corrected chi connectivity index (χ4v) is 3.56. The molecule has 0 unspecified atom stereocenters. The monoisotopic (exact) mass is 145 g/mol. The Morgan fingerprint density at radius 3 is 2.00 bits per heavy atom. The zero-order valence-corrected chi connectivity index (χ0v) is 6.77. The maximum Gasteiger partial charge on any atom is 0.140 e. The Labute approximate surface area is 56.3 Å². The van der Waals surface area contributed by atoms with Gasteiger partial charge in [0.05, 0.1) is 0 Å². The second kappa shape index (κ2) is 1.38. The van der Waals surface area contributed by atoms with E-state index in [2.05, 4.69) is 0 Å². The molecule has 0 N–H and O–H groups in total. The largest absolute Gasteiger partial charge is 0.271 e. The summed E-state index contributed by atoms with van der Waals surface area (Å²) in [4.78, 5) is 0. The van der Waals surface area contributed by atoms with Crippen LogP contribution in [0, 0.1) is 10.7 Å². The normalized spacial score (nSPS) is 38.7. The third-order valence-electron chi connectivity index (χ3n) is 2.50. The van der Waals surface area contributed by atoms with Gasteiger partial charge in [0.25, 0.3) is 0 Å². The number of thiol groups is 1. The van der Waals surface area contributed by atoms with E-state index >= 15 is 0 Å². The first-order chi connectivity index (χ1) is 3.97. The Hall–Kier alpha value is -0.360. The highest BCUT2D eigenvalue weighted by atomic mass is 32.3. The van der Waals surface area contributed by atoms with Crippen LogP contribution >= 0.6 is 0 Å². The molecule has 0 amide bonds. The Balaban J connectivity index is 3.00. The molecule has 0 bridgehead atoms. The summed E-state index contributed by atoms with van der Waals surface area (Å²) in [5.41, 5.74) is 0. The predicted octanol–water partition coefficient (Wildman–Crippen LogP) is 0.665. The van der Waals surface area contributed by atoms with Gasteiger partial charge in [0, 0.05) is 10.00 Å². The molecule has 52 valence electrons. The van der Waals surface area contributed by atoms with Gasteiger partial charge in [-0.2, -0.15) is 5.26 Å². The van der Waals surface area contributed by atoms with Crippen LogP contribution in [-0.2, 0) is 9.93 Å². The van der Waals surface area contributed by atoms with Gasteiger partial charge in [-0.3, -0.25) is 4.21 Å². The van der Waals surface area contributed by atoms with Gasteiger partial charge in [-0.25, -0.2) is 0 Å². The van der Waals surface area contributed by atoms with Crippen LogP contribution in [0.4, 0.5) is 0 Å². The lowest BCUT2D eigenvalue weighted by atomic mass is 10.2. The SMILES string of the molecule is C[C@H]1C(C)(C)[SH]1(=O)C#N. The summed E-state index contributed by atoms with van der Waals surface area (Å²) in [6.45, 7) is 5.66. The van der Waals surface area contributed by atoms with Crippen molar-refractivity contribution >= 4 is 9.93 Å². The van der Waals surface area contributed by atoms with Crippen molar-refractivity contribution in [1.29, 1.82) is 5.26 Å². The van der Waals surface area contributed by atoms with Crippen LogP contribution in [-0.4, -0.2) is 14.2 Å². The van der Waals surface area contributed by atoms with Crippen LogP contribution in [0.2, 0.25) is 0 Å². The summed E-state index contributed by atoms with van der Waals surface area (Å²) in [5.74, 6) is 0. The third-order valence-corrected chi connectivity index (χ3v) is 6.36. The van der Waals surface area contributed by atoms with Crippen molar-refractivity contribution in [3.05, 3.63) is 0 Å². The molecule has 1 atom stereocenters. The Kier molecular flexibility index (Phi) is 1.03. The molecule has 0 radical (unpaired) electrons. The lowest BCUT2D eigenvalue weighted by Crippen LogP contribution is -2.02. The summed E-state index contributed by atoms with van der Waals surface area (Å²) in [7, 11) is -2.39. The molecule has 1 aliphatic rings. The number of thiocyanates is 1. The van der Waals surface area contributed by atoms with Gasteiger partial charge in [0.1, 0.15) is 5.40 Å². The molecule has 0 aromatic carbocycles. The molecule has 0 spiro atoms. The van der Waals surface area contributed by atoms with E-state index in [9.17, 15) is 4.21 Å². The zero-order chi connectivity index (χ0) is 7.28. The number of nitriles is 1. The predicted molar refractivity (Wildman–Crippen MR) is 38.7 cm³/mol. The van der Waals surface area contributed by atoms with Crippen molar-refractivity contribution in [3.63, 3.8) is 0 Å². The van der Waals surface area contributed by atoms with Gasteiger partial charge in [-0.1, -0.05) is 6.92 Å². The first-order valence-corrected chi connectivity index (χ1v) is 4.75. The Morgan fingerprint density at radius 2 is 2.00 bits per heavy atom. The molecule has 2 nitrogen and oxygen atoms in total. The van der Waals surface area contributed by atoms with E-state index < -0.39 is 9.93 Å². The lowest BCUT2D eigenvalue weighted by Gasteiger charge is -1.94. The average Bonchev–Trinajstić information content (AvgIpc) is 2.16. The van der Waals surface area contributed by atoms with Crippen LogP contribution in [0.3, 0.4) is 0 Å². The molecule has 1 heterocycles. The second-order valence-electron chi connectivity index (χ2n) is 3.09. The van der Waals surface area contributed by atoms with Crippen molar-refractivity contribution in [2.45, 2.75) is 30.8 Å². The van der Waals surface area contributed by atoms with Crippen LogP contribution in [0.1, 0.15) is 20.8 Å². The van der Waals surface area contributed by atoms with E-state index in [-0.39, 0.29) is 10.00 Å². The first kappa shape index (κ1) is 6.76. The minimum atomic E-state index is -2.39. The Morgan fingerprint density at radius 1 is 1.67 bits per heavy atom. The third kappa shape index (κ3) is 0.519. The van der Waals surface area contributed by atoms with Crippen molar-refractivity contribution in [2.75, 3.05) is 0 Å². The molecule has 0 saturated carbocycles. The highest BCUT2D eigenvalue weighted by Crippen LogP contribution is 2.50. The molecule has 1 saturated heterocycles. The quantitative estimate of drug-likeness (QED) is 0.309. The van der Waals surface area contributed by atoms with Crippen molar-refractivity contribution in [2.24, 2.45) is 0 Å². The van der Waals surface area contributed by atoms with Gasteiger partial charge < -0.3 is 0 Å². The minimum absolute atomic E-state index is 0.120. The summed E-state index contributed by atoms with van der Waals surface area (Å²) in [6.07, 6.45) is 0. The molecule has 0 aromatic rings. The molecule has 0 aromatic heterocycles.